The lowest BCUT2D eigenvalue weighted by molar-refractivity contribution is -0.144. The summed E-state index contributed by atoms with van der Waals surface area (Å²) in [5.74, 6) is 0.301. The maximum atomic E-state index is 12.8. The van der Waals surface area contributed by atoms with E-state index in [2.05, 4.69) is 9.97 Å². The van der Waals surface area contributed by atoms with Crippen LogP contribution in [-0.4, -0.2) is 69.3 Å². The van der Waals surface area contributed by atoms with Gasteiger partial charge in [0, 0.05) is 43.3 Å². The fourth-order valence-electron chi connectivity index (χ4n) is 3.93. The minimum Gasteiger partial charge on any atom is -0.465 e. The molecule has 1 saturated heterocycles. The molecular formula is C21H24Cl2N6O4. The third-order valence-corrected chi connectivity index (χ3v) is 6.23. The molecule has 0 atom stereocenters. The highest BCUT2D eigenvalue weighted by Crippen LogP contribution is 2.26. The Labute approximate surface area is 199 Å². The van der Waals surface area contributed by atoms with Gasteiger partial charge in [-0.1, -0.05) is 29.3 Å². The number of carbonyl (C=O) groups excluding carboxylic acids is 1. The van der Waals surface area contributed by atoms with Crippen molar-refractivity contribution in [3.63, 3.8) is 0 Å². The first-order valence-electron chi connectivity index (χ1n) is 10.5. The second-order valence-electron chi connectivity index (χ2n) is 7.79. The number of esters is 1. The first-order valence-corrected chi connectivity index (χ1v) is 11.3. The number of benzene rings is 1. The number of ether oxygens (including phenoxy) is 1. The molecule has 1 aliphatic rings. The number of imidazole rings is 1. The fourth-order valence-corrected chi connectivity index (χ4v) is 4.40. The van der Waals surface area contributed by atoms with Crippen molar-refractivity contribution < 1.29 is 9.53 Å². The molecule has 0 amide bonds. The van der Waals surface area contributed by atoms with Crippen LogP contribution in [-0.2, 0) is 23.1 Å². The van der Waals surface area contributed by atoms with Crippen molar-refractivity contribution in [2.75, 3.05) is 44.2 Å². The lowest BCUT2D eigenvalue weighted by Crippen LogP contribution is -2.49. The van der Waals surface area contributed by atoms with Crippen LogP contribution in [0.2, 0.25) is 10.0 Å². The second-order valence-corrected chi connectivity index (χ2v) is 8.64. The van der Waals surface area contributed by atoms with Crippen LogP contribution in [0.25, 0.3) is 11.2 Å². The number of fused-ring (bicyclic) bond motifs is 1. The molecule has 0 radical (unpaired) electrons. The smallest absolute Gasteiger partial charge is 0.329 e. The molecule has 0 spiro atoms. The standard InChI is InChI=1S/C21H24Cl2N6O4/c1-3-33-16(30)12-27-6-8-28(9-7-27)20-24-18-17(19(31)25-21(32)26(18)2)29(20)11-13-4-5-14(22)10-15(13)23/h4-5,10H,3,6-9,11-12H2,1-2H3,(H,25,31,32). The molecule has 10 nitrogen and oxygen atoms in total. The number of aromatic amines is 1. The van der Waals surface area contributed by atoms with Crippen LogP contribution in [0, 0.1) is 0 Å². The van der Waals surface area contributed by atoms with Gasteiger partial charge in [-0.15, -0.1) is 0 Å². The van der Waals surface area contributed by atoms with E-state index in [1.807, 2.05) is 9.80 Å². The van der Waals surface area contributed by atoms with Crippen molar-refractivity contribution in [2.24, 2.45) is 7.05 Å². The summed E-state index contributed by atoms with van der Waals surface area (Å²) >= 11 is 12.4. The Morgan fingerprint density at radius 2 is 1.91 bits per heavy atom. The highest BCUT2D eigenvalue weighted by Gasteiger charge is 2.26. The fraction of sp³-hybridized carbons (Fsp3) is 0.429. The zero-order valence-corrected chi connectivity index (χ0v) is 19.8. The van der Waals surface area contributed by atoms with Crippen molar-refractivity contribution in [3.8, 4) is 0 Å². The van der Waals surface area contributed by atoms with E-state index in [-0.39, 0.29) is 30.2 Å². The number of nitrogens with zero attached hydrogens (tertiary/aromatic N) is 5. The Morgan fingerprint density at radius 1 is 1.18 bits per heavy atom. The van der Waals surface area contributed by atoms with Crippen LogP contribution in [0.3, 0.4) is 0 Å². The number of hydrogen-bond donors (Lipinski definition) is 1. The Morgan fingerprint density at radius 3 is 2.58 bits per heavy atom. The van der Waals surface area contributed by atoms with Crippen LogP contribution >= 0.6 is 23.2 Å². The highest BCUT2D eigenvalue weighted by atomic mass is 35.5. The second kappa shape index (κ2) is 9.58. The molecule has 0 saturated carbocycles. The molecule has 1 aromatic carbocycles. The molecule has 1 fully saturated rings. The van der Waals surface area contributed by atoms with Gasteiger partial charge in [-0.3, -0.25) is 28.6 Å². The molecule has 12 heteroatoms. The Balaban J connectivity index is 1.71. The lowest BCUT2D eigenvalue weighted by atomic mass is 10.2. The van der Waals surface area contributed by atoms with Gasteiger partial charge in [-0.05, 0) is 24.6 Å². The summed E-state index contributed by atoms with van der Waals surface area (Å²) in [5.41, 5.74) is 0.283. The zero-order chi connectivity index (χ0) is 23.7. The van der Waals surface area contributed by atoms with Crippen LogP contribution in [0.15, 0.2) is 27.8 Å². The molecular weight excluding hydrogens is 471 g/mol. The van der Waals surface area contributed by atoms with Gasteiger partial charge in [0.1, 0.15) is 0 Å². The number of anilines is 1. The van der Waals surface area contributed by atoms with E-state index in [1.54, 1.807) is 36.7 Å². The molecule has 0 unspecified atom stereocenters. The number of aryl methyl sites for hydroxylation is 1. The third kappa shape index (κ3) is 4.78. The summed E-state index contributed by atoms with van der Waals surface area (Å²) in [7, 11) is 1.56. The topological polar surface area (TPSA) is 105 Å². The maximum Gasteiger partial charge on any atom is 0.329 e. The number of carbonyl (C=O) groups is 1. The number of hydrogen-bond acceptors (Lipinski definition) is 7. The number of halogens is 2. The minimum atomic E-state index is -0.535. The average Bonchev–Trinajstić information content (AvgIpc) is 3.15. The van der Waals surface area contributed by atoms with Crippen molar-refractivity contribution >= 4 is 46.3 Å². The minimum absolute atomic E-state index is 0.229. The van der Waals surface area contributed by atoms with Gasteiger partial charge in [0.2, 0.25) is 5.95 Å². The van der Waals surface area contributed by atoms with E-state index >= 15 is 0 Å². The van der Waals surface area contributed by atoms with Crippen molar-refractivity contribution in [2.45, 2.75) is 13.5 Å². The molecule has 33 heavy (non-hydrogen) atoms. The van der Waals surface area contributed by atoms with Crippen LogP contribution in [0.4, 0.5) is 5.95 Å². The highest BCUT2D eigenvalue weighted by molar-refractivity contribution is 6.35. The largest absolute Gasteiger partial charge is 0.465 e. The van der Waals surface area contributed by atoms with E-state index in [1.165, 1.54) is 4.57 Å². The normalized spacial score (nSPS) is 14.7. The van der Waals surface area contributed by atoms with E-state index in [4.69, 9.17) is 27.9 Å². The molecule has 1 aliphatic heterocycles. The Bertz CT molecular complexity index is 1310. The third-order valence-electron chi connectivity index (χ3n) is 5.64. The Kier molecular flexibility index (Phi) is 6.78. The molecule has 1 N–H and O–H groups in total. The van der Waals surface area contributed by atoms with E-state index in [0.717, 1.165) is 5.56 Å². The summed E-state index contributed by atoms with van der Waals surface area (Å²) in [6.45, 7) is 5.05. The van der Waals surface area contributed by atoms with E-state index in [9.17, 15) is 14.4 Å². The number of nitrogens with one attached hydrogen (secondary N) is 1. The first kappa shape index (κ1) is 23.3. The van der Waals surface area contributed by atoms with Gasteiger partial charge in [0.25, 0.3) is 5.56 Å². The summed E-state index contributed by atoms with van der Waals surface area (Å²) in [4.78, 5) is 47.8. The molecule has 3 heterocycles. The molecule has 0 bridgehead atoms. The number of rotatable bonds is 6. The molecule has 4 rings (SSSR count). The monoisotopic (exact) mass is 494 g/mol. The summed E-state index contributed by atoms with van der Waals surface area (Å²) < 4.78 is 8.12. The zero-order valence-electron chi connectivity index (χ0n) is 18.3. The van der Waals surface area contributed by atoms with Gasteiger partial charge >= 0.3 is 11.7 Å². The molecule has 2 aromatic heterocycles. The summed E-state index contributed by atoms with van der Waals surface area (Å²) in [5, 5.41) is 0.980. The number of piperazine rings is 1. The van der Waals surface area contributed by atoms with Gasteiger partial charge < -0.3 is 9.64 Å². The average molecular weight is 495 g/mol. The van der Waals surface area contributed by atoms with E-state index in [0.29, 0.717) is 48.8 Å². The van der Waals surface area contributed by atoms with Crippen LogP contribution in [0.5, 0.6) is 0 Å². The van der Waals surface area contributed by atoms with Crippen molar-refractivity contribution in [1.29, 1.82) is 0 Å². The van der Waals surface area contributed by atoms with Gasteiger partial charge in [-0.25, -0.2) is 4.79 Å². The number of aromatic nitrogens is 4. The van der Waals surface area contributed by atoms with Crippen molar-refractivity contribution in [3.05, 3.63) is 54.6 Å². The molecule has 0 aliphatic carbocycles. The lowest BCUT2D eigenvalue weighted by Gasteiger charge is -2.34. The Hall–Kier alpha value is -2.82. The first-order chi connectivity index (χ1) is 15.8. The van der Waals surface area contributed by atoms with Crippen molar-refractivity contribution in [1.82, 2.24) is 24.0 Å². The SMILES string of the molecule is CCOC(=O)CN1CCN(c2nc3c(c(=O)[nH]c(=O)n3C)n2Cc2ccc(Cl)cc2Cl)CC1. The molecule has 3 aromatic rings. The van der Waals surface area contributed by atoms with E-state index < -0.39 is 11.2 Å². The quantitative estimate of drug-likeness (QED) is 0.517. The number of H-pyrrole nitrogens is 1. The summed E-state index contributed by atoms with van der Waals surface area (Å²) in [6.07, 6.45) is 0. The molecule has 176 valence electrons. The predicted molar refractivity (Wildman–Crippen MR) is 126 cm³/mol. The van der Waals surface area contributed by atoms with Gasteiger partial charge in [0.15, 0.2) is 11.2 Å². The maximum absolute atomic E-state index is 12.8. The van der Waals surface area contributed by atoms with Crippen LogP contribution in [0.1, 0.15) is 12.5 Å². The van der Waals surface area contributed by atoms with Crippen LogP contribution < -0.4 is 16.1 Å². The van der Waals surface area contributed by atoms with Gasteiger partial charge in [-0.2, -0.15) is 4.98 Å². The van der Waals surface area contributed by atoms with Gasteiger partial charge in [0.05, 0.1) is 19.7 Å². The summed E-state index contributed by atoms with van der Waals surface area (Å²) in [6, 6.07) is 5.18. The predicted octanol–water partition coefficient (Wildman–Crippen LogP) is 1.46.